The smallest absolute Gasteiger partial charge is 0.228 e. The minimum atomic E-state index is -0.854. The van der Waals surface area contributed by atoms with Crippen molar-refractivity contribution in [1.82, 2.24) is 4.90 Å². The lowest BCUT2D eigenvalue weighted by atomic mass is 9.57. The second-order valence-electron chi connectivity index (χ2n) is 8.39. The molecule has 2 bridgehead atoms. The quantitative estimate of drug-likeness (QED) is 0.723. The molecule has 4 saturated heterocycles. The largest absolute Gasteiger partial charge is 0.321 e. The fourth-order valence-corrected chi connectivity index (χ4v) is 5.55. The van der Waals surface area contributed by atoms with Gasteiger partial charge in [-0.25, -0.2) is 9.78 Å². The zero-order valence-corrected chi connectivity index (χ0v) is 14.9. The fraction of sp³-hybridized carbons (Fsp3) is 0.889. The van der Waals surface area contributed by atoms with Crippen LogP contribution in [0.4, 0.5) is 0 Å². The summed E-state index contributed by atoms with van der Waals surface area (Å²) in [5.74, 6) is -0.258. The first-order valence-electron chi connectivity index (χ1n) is 9.13. The normalized spacial score (nSPS) is 50.4. The standard InChI is InChI=1S/C18H27NO5/c1-10-5-6-14-12(3)15(21)19(9-11(2)20)16-18(14)13(10)7-8-17(4,22-16)23-24-18/h10,12-14,16H,5-9H2,1-4H3/t10-,12-,13+,14+,16-,17+,18-/m1/s1. The van der Waals surface area contributed by atoms with Crippen LogP contribution >= 0.6 is 0 Å². The lowest BCUT2D eigenvalue weighted by molar-refractivity contribution is -0.547. The molecule has 0 aromatic carbocycles. The van der Waals surface area contributed by atoms with Gasteiger partial charge in [0.25, 0.3) is 0 Å². The highest BCUT2D eigenvalue weighted by atomic mass is 17.3. The van der Waals surface area contributed by atoms with Crippen LogP contribution in [0.15, 0.2) is 0 Å². The van der Waals surface area contributed by atoms with Crippen molar-refractivity contribution < 1.29 is 24.1 Å². The van der Waals surface area contributed by atoms with Gasteiger partial charge in [-0.3, -0.25) is 9.59 Å². The topological polar surface area (TPSA) is 65.1 Å². The first-order chi connectivity index (χ1) is 11.3. The van der Waals surface area contributed by atoms with Gasteiger partial charge >= 0.3 is 0 Å². The van der Waals surface area contributed by atoms with Crippen molar-refractivity contribution in [2.24, 2.45) is 23.7 Å². The highest BCUT2D eigenvalue weighted by Gasteiger charge is 2.70. The Labute approximate surface area is 142 Å². The average molecular weight is 337 g/mol. The zero-order valence-electron chi connectivity index (χ0n) is 14.9. The third kappa shape index (κ3) is 2.06. The molecular formula is C18H27NO5. The van der Waals surface area contributed by atoms with E-state index in [-0.39, 0.29) is 36.0 Å². The summed E-state index contributed by atoms with van der Waals surface area (Å²) < 4.78 is 6.32. The molecule has 0 radical (unpaired) electrons. The molecule has 4 aliphatic heterocycles. The Kier molecular flexibility index (Phi) is 3.61. The summed E-state index contributed by atoms with van der Waals surface area (Å²) >= 11 is 0. The van der Waals surface area contributed by atoms with E-state index >= 15 is 0 Å². The number of Topliss-reactive ketones (excluding diaryl/α,β-unsaturated/α-hetero) is 1. The number of nitrogens with zero attached hydrogens (tertiary/aromatic N) is 1. The molecule has 4 heterocycles. The number of carbonyl (C=O) groups excluding carboxylic acids is 2. The Hall–Kier alpha value is -0.980. The number of likely N-dealkylation sites (tertiary alicyclic amines) is 1. The van der Waals surface area contributed by atoms with E-state index in [0.29, 0.717) is 5.92 Å². The molecule has 5 aliphatic rings. The number of amides is 1. The van der Waals surface area contributed by atoms with Gasteiger partial charge in [-0.05, 0) is 44.9 Å². The first kappa shape index (κ1) is 16.5. The number of hydrogen-bond donors (Lipinski definition) is 0. The third-order valence-corrected chi connectivity index (χ3v) is 6.75. The number of ether oxygens (including phenoxy) is 1. The van der Waals surface area contributed by atoms with E-state index in [0.717, 1.165) is 25.7 Å². The maximum Gasteiger partial charge on any atom is 0.228 e. The predicted molar refractivity (Wildman–Crippen MR) is 84.3 cm³/mol. The van der Waals surface area contributed by atoms with Crippen molar-refractivity contribution in [2.75, 3.05) is 6.54 Å². The molecule has 1 aliphatic carbocycles. The summed E-state index contributed by atoms with van der Waals surface area (Å²) in [6.45, 7) is 7.67. The third-order valence-electron chi connectivity index (χ3n) is 6.75. The average Bonchev–Trinajstić information content (AvgIpc) is 2.76. The monoisotopic (exact) mass is 337 g/mol. The van der Waals surface area contributed by atoms with Gasteiger partial charge in [0, 0.05) is 18.3 Å². The second-order valence-corrected chi connectivity index (χ2v) is 8.39. The van der Waals surface area contributed by atoms with Crippen molar-refractivity contribution >= 4 is 11.7 Å². The van der Waals surface area contributed by atoms with Crippen molar-refractivity contribution in [3.8, 4) is 0 Å². The maximum absolute atomic E-state index is 13.0. The van der Waals surface area contributed by atoms with Gasteiger partial charge in [-0.1, -0.05) is 13.8 Å². The minimum Gasteiger partial charge on any atom is -0.321 e. The van der Waals surface area contributed by atoms with Crippen LogP contribution in [-0.2, 0) is 24.1 Å². The SMILES string of the molecule is CC(=O)CN1C(=O)[C@H](C)[C@@H]2CC[C@@H](C)[C@@H]3CC[C@]4(C)OO[C@]32[C@H]1O4. The molecule has 1 amide bonds. The van der Waals surface area contributed by atoms with E-state index in [9.17, 15) is 9.59 Å². The molecule has 1 saturated carbocycles. The Bertz CT molecular complexity index is 580. The highest BCUT2D eigenvalue weighted by Crippen LogP contribution is 2.60. The molecule has 24 heavy (non-hydrogen) atoms. The van der Waals surface area contributed by atoms with Gasteiger partial charge in [-0.15, -0.1) is 0 Å². The minimum absolute atomic E-state index is 0.00104. The van der Waals surface area contributed by atoms with Crippen molar-refractivity contribution in [3.05, 3.63) is 0 Å². The van der Waals surface area contributed by atoms with Crippen molar-refractivity contribution in [3.63, 3.8) is 0 Å². The number of fused-ring (bicyclic) bond motifs is 2. The van der Waals surface area contributed by atoms with Gasteiger partial charge in [0.05, 0.1) is 6.54 Å². The van der Waals surface area contributed by atoms with Crippen molar-refractivity contribution in [2.45, 2.75) is 71.0 Å². The predicted octanol–water partition coefficient (Wildman–Crippen LogP) is 2.27. The number of rotatable bonds is 2. The molecule has 1 spiro atoms. The second kappa shape index (κ2) is 5.26. The molecule has 0 aromatic heterocycles. The van der Waals surface area contributed by atoms with E-state index in [1.807, 2.05) is 13.8 Å². The molecule has 134 valence electrons. The number of ketones is 1. The van der Waals surface area contributed by atoms with Crippen LogP contribution in [0.2, 0.25) is 0 Å². The molecule has 0 N–H and O–H groups in total. The molecule has 5 rings (SSSR count). The van der Waals surface area contributed by atoms with E-state index in [1.54, 1.807) is 4.90 Å². The summed E-state index contributed by atoms with van der Waals surface area (Å²) in [5.41, 5.74) is -0.656. The first-order valence-corrected chi connectivity index (χ1v) is 9.13. The summed E-state index contributed by atoms with van der Waals surface area (Å²) in [6, 6.07) is 0. The Balaban J connectivity index is 1.85. The van der Waals surface area contributed by atoms with Crippen LogP contribution in [0, 0.1) is 23.7 Å². The number of hydrogen-bond acceptors (Lipinski definition) is 5. The van der Waals surface area contributed by atoms with E-state index in [4.69, 9.17) is 14.5 Å². The van der Waals surface area contributed by atoms with Crippen LogP contribution in [0.5, 0.6) is 0 Å². The molecule has 6 heteroatoms. The van der Waals surface area contributed by atoms with E-state index < -0.39 is 17.6 Å². The van der Waals surface area contributed by atoms with E-state index in [2.05, 4.69) is 6.92 Å². The molecule has 0 aromatic rings. The van der Waals surface area contributed by atoms with Gasteiger partial charge < -0.3 is 9.64 Å². The van der Waals surface area contributed by atoms with Crippen LogP contribution in [0.3, 0.4) is 0 Å². The van der Waals surface area contributed by atoms with Gasteiger partial charge in [0.1, 0.15) is 5.78 Å². The summed E-state index contributed by atoms with van der Waals surface area (Å²) in [7, 11) is 0. The Morgan fingerprint density at radius 1 is 1.21 bits per heavy atom. The van der Waals surface area contributed by atoms with Gasteiger partial charge in [-0.2, -0.15) is 0 Å². The summed E-state index contributed by atoms with van der Waals surface area (Å²) in [5, 5.41) is 0. The fourth-order valence-electron chi connectivity index (χ4n) is 5.55. The van der Waals surface area contributed by atoms with Crippen LogP contribution < -0.4 is 0 Å². The zero-order chi connectivity index (χ0) is 17.3. The lowest BCUT2D eigenvalue weighted by Gasteiger charge is -2.61. The number of carbonyl (C=O) groups is 2. The Morgan fingerprint density at radius 2 is 1.96 bits per heavy atom. The maximum atomic E-state index is 13.0. The Morgan fingerprint density at radius 3 is 2.67 bits per heavy atom. The number of piperidine rings is 1. The van der Waals surface area contributed by atoms with Crippen LogP contribution in [-0.4, -0.2) is 40.8 Å². The molecule has 0 unspecified atom stereocenters. The molecule has 7 atom stereocenters. The van der Waals surface area contributed by atoms with Gasteiger partial charge in [0.2, 0.25) is 11.7 Å². The van der Waals surface area contributed by atoms with Crippen molar-refractivity contribution in [1.29, 1.82) is 0 Å². The highest BCUT2D eigenvalue weighted by molar-refractivity contribution is 5.87. The van der Waals surface area contributed by atoms with Gasteiger partial charge in [0.15, 0.2) is 11.8 Å². The molecule has 6 nitrogen and oxygen atoms in total. The summed E-state index contributed by atoms with van der Waals surface area (Å²) in [4.78, 5) is 38.3. The molecule has 5 fully saturated rings. The van der Waals surface area contributed by atoms with Crippen LogP contribution in [0.1, 0.15) is 53.4 Å². The summed E-state index contributed by atoms with van der Waals surface area (Å²) in [6.07, 6.45) is 3.18. The molecular weight excluding hydrogens is 310 g/mol. The lowest BCUT2D eigenvalue weighted by Crippen LogP contribution is -2.75. The van der Waals surface area contributed by atoms with E-state index in [1.165, 1.54) is 6.92 Å². The van der Waals surface area contributed by atoms with Crippen LogP contribution in [0.25, 0.3) is 0 Å².